The maximum absolute atomic E-state index is 12.3. The lowest BCUT2D eigenvalue weighted by Crippen LogP contribution is -2.38. The number of hydrogen-bond donors (Lipinski definition) is 2. The van der Waals surface area contributed by atoms with E-state index >= 15 is 0 Å². The third-order valence-corrected chi connectivity index (χ3v) is 4.86. The van der Waals surface area contributed by atoms with Crippen LogP contribution in [0.4, 0.5) is 0 Å². The number of benzene rings is 2. The molecule has 0 bridgehead atoms. The van der Waals surface area contributed by atoms with Crippen LogP contribution in [-0.2, 0) is 15.6 Å². The van der Waals surface area contributed by atoms with Gasteiger partial charge in [0.05, 0.1) is 11.5 Å². The third kappa shape index (κ3) is 4.54. The van der Waals surface area contributed by atoms with Crippen LogP contribution in [0, 0.1) is 0 Å². The second-order valence-corrected chi connectivity index (χ2v) is 7.14. The Hall–Kier alpha value is -1.89. The van der Waals surface area contributed by atoms with Gasteiger partial charge in [0.1, 0.15) is 11.4 Å². The van der Waals surface area contributed by atoms with E-state index in [-0.39, 0.29) is 11.4 Å². The maximum Gasteiger partial charge on any atom is 0.240 e. The molecule has 2 rings (SSSR count). The van der Waals surface area contributed by atoms with Gasteiger partial charge in [-0.25, -0.2) is 13.1 Å². The van der Waals surface area contributed by atoms with E-state index in [4.69, 9.17) is 4.74 Å². The maximum atomic E-state index is 12.3. The number of hydrogen-bond acceptors (Lipinski definition) is 4. The van der Waals surface area contributed by atoms with Gasteiger partial charge in [0, 0.05) is 6.54 Å². The van der Waals surface area contributed by atoms with Gasteiger partial charge in [-0.2, -0.15) is 0 Å². The van der Waals surface area contributed by atoms with Gasteiger partial charge in [0.2, 0.25) is 10.0 Å². The lowest BCUT2D eigenvalue weighted by atomic mass is 9.97. The summed E-state index contributed by atoms with van der Waals surface area (Å²) in [6.07, 6.45) is 0. The van der Waals surface area contributed by atoms with E-state index in [2.05, 4.69) is 4.72 Å². The monoisotopic (exact) mass is 335 g/mol. The van der Waals surface area contributed by atoms with Crippen LogP contribution >= 0.6 is 0 Å². The van der Waals surface area contributed by atoms with Gasteiger partial charge >= 0.3 is 0 Å². The molecule has 1 atom stereocenters. The summed E-state index contributed by atoms with van der Waals surface area (Å²) in [5.74, 6) is 0.614. The minimum absolute atomic E-state index is 0.118. The second-order valence-electron chi connectivity index (χ2n) is 5.37. The van der Waals surface area contributed by atoms with Gasteiger partial charge in [0.25, 0.3) is 0 Å². The van der Waals surface area contributed by atoms with Crippen LogP contribution < -0.4 is 9.46 Å². The molecule has 5 nitrogen and oxygen atoms in total. The predicted octanol–water partition coefficient (Wildman–Crippen LogP) is 2.27. The Morgan fingerprint density at radius 3 is 2.26 bits per heavy atom. The molecule has 2 N–H and O–H groups in total. The largest absolute Gasteiger partial charge is 0.494 e. The van der Waals surface area contributed by atoms with E-state index in [0.29, 0.717) is 17.9 Å². The van der Waals surface area contributed by atoms with Crippen molar-refractivity contribution in [3.8, 4) is 5.75 Å². The average molecular weight is 335 g/mol. The predicted molar refractivity (Wildman–Crippen MR) is 88.8 cm³/mol. The minimum Gasteiger partial charge on any atom is -0.494 e. The zero-order chi connectivity index (χ0) is 16.9. The quantitative estimate of drug-likeness (QED) is 0.814. The van der Waals surface area contributed by atoms with Crippen molar-refractivity contribution in [2.24, 2.45) is 0 Å². The lowest BCUT2D eigenvalue weighted by molar-refractivity contribution is 0.0627. The highest BCUT2D eigenvalue weighted by molar-refractivity contribution is 7.89. The molecule has 0 heterocycles. The van der Waals surface area contributed by atoms with Crippen LogP contribution in [0.3, 0.4) is 0 Å². The normalized spacial score (nSPS) is 14.2. The third-order valence-electron chi connectivity index (χ3n) is 3.45. The zero-order valence-electron chi connectivity index (χ0n) is 13.2. The van der Waals surface area contributed by atoms with E-state index in [0.717, 1.165) is 0 Å². The van der Waals surface area contributed by atoms with E-state index < -0.39 is 15.6 Å². The molecule has 0 aromatic heterocycles. The molecule has 0 radical (unpaired) electrons. The van der Waals surface area contributed by atoms with Crippen molar-refractivity contribution in [3.63, 3.8) is 0 Å². The molecule has 0 aliphatic rings. The molecular formula is C17H21NO4S. The Morgan fingerprint density at radius 1 is 1.09 bits per heavy atom. The molecule has 0 fully saturated rings. The van der Waals surface area contributed by atoms with Crippen molar-refractivity contribution < 1.29 is 18.3 Å². The first-order chi connectivity index (χ1) is 10.8. The second kappa shape index (κ2) is 7.12. The van der Waals surface area contributed by atoms with E-state index in [9.17, 15) is 13.5 Å². The Morgan fingerprint density at radius 2 is 1.70 bits per heavy atom. The van der Waals surface area contributed by atoms with E-state index in [1.54, 1.807) is 43.3 Å². The van der Waals surface area contributed by atoms with Gasteiger partial charge in [-0.1, -0.05) is 30.3 Å². The van der Waals surface area contributed by atoms with Gasteiger partial charge < -0.3 is 9.84 Å². The summed E-state index contributed by atoms with van der Waals surface area (Å²) in [6, 6.07) is 15.1. The summed E-state index contributed by atoms with van der Waals surface area (Å²) in [6.45, 7) is 3.83. The molecule has 1 unspecified atom stereocenters. The van der Waals surface area contributed by atoms with Crippen LogP contribution in [0.15, 0.2) is 59.5 Å². The molecule has 0 saturated carbocycles. The number of sulfonamides is 1. The lowest BCUT2D eigenvalue weighted by Gasteiger charge is -2.24. The highest BCUT2D eigenvalue weighted by atomic mass is 32.2. The first kappa shape index (κ1) is 17.5. The summed E-state index contributed by atoms with van der Waals surface area (Å²) in [4.78, 5) is 0.129. The highest BCUT2D eigenvalue weighted by Gasteiger charge is 2.26. The summed E-state index contributed by atoms with van der Waals surface area (Å²) in [7, 11) is -3.70. The Balaban J connectivity index is 2.09. The summed E-state index contributed by atoms with van der Waals surface area (Å²) >= 11 is 0. The number of aliphatic hydroxyl groups is 1. The average Bonchev–Trinajstić information content (AvgIpc) is 2.55. The fourth-order valence-corrected chi connectivity index (χ4v) is 3.23. The van der Waals surface area contributed by atoms with Gasteiger partial charge in [-0.05, 0) is 43.7 Å². The van der Waals surface area contributed by atoms with Gasteiger partial charge in [0.15, 0.2) is 0 Å². The highest BCUT2D eigenvalue weighted by Crippen LogP contribution is 2.21. The minimum atomic E-state index is -3.70. The van der Waals surface area contributed by atoms with E-state index in [1.807, 2.05) is 13.0 Å². The van der Waals surface area contributed by atoms with Crippen LogP contribution in [0.1, 0.15) is 19.4 Å². The topological polar surface area (TPSA) is 75.6 Å². The van der Waals surface area contributed by atoms with Crippen LogP contribution in [-0.4, -0.2) is 26.7 Å². The Bertz CT molecular complexity index is 725. The van der Waals surface area contributed by atoms with Crippen molar-refractivity contribution in [3.05, 3.63) is 60.2 Å². The van der Waals surface area contributed by atoms with E-state index in [1.165, 1.54) is 12.1 Å². The SMILES string of the molecule is CCOc1ccc(S(=O)(=O)NCC(C)(O)c2ccccc2)cc1. The fraction of sp³-hybridized carbons (Fsp3) is 0.294. The number of ether oxygens (including phenoxy) is 1. The zero-order valence-corrected chi connectivity index (χ0v) is 14.0. The standard InChI is InChI=1S/C17H21NO4S/c1-3-22-15-9-11-16(12-10-15)23(20,21)18-13-17(2,19)14-7-5-4-6-8-14/h4-12,18-19H,3,13H2,1-2H3. The summed E-state index contributed by atoms with van der Waals surface area (Å²) < 4.78 is 32.4. The van der Waals surface area contributed by atoms with Crippen LogP contribution in [0.2, 0.25) is 0 Å². The van der Waals surface area contributed by atoms with Gasteiger partial charge in [-0.15, -0.1) is 0 Å². The fourth-order valence-electron chi connectivity index (χ4n) is 2.10. The molecule has 2 aromatic rings. The first-order valence-corrected chi connectivity index (χ1v) is 8.84. The summed E-state index contributed by atoms with van der Waals surface area (Å²) in [5.41, 5.74) is -0.644. The molecule has 6 heteroatoms. The van der Waals surface area contributed by atoms with Crippen molar-refractivity contribution in [2.75, 3.05) is 13.2 Å². The molecule has 2 aromatic carbocycles. The molecule has 0 spiro atoms. The molecule has 0 aliphatic carbocycles. The molecular weight excluding hydrogens is 314 g/mol. The molecule has 0 saturated heterocycles. The van der Waals surface area contributed by atoms with Gasteiger partial charge in [-0.3, -0.25) is 0 Å². The first-order valence-electron chi connectivity index (χ1n) is 7.35. The Labute approximate surface area is 137 Å². The van der Waals surface area contributed by atoms with Crippen molar-refractivity contribution in [2.45, 2.75) is 24.3 Å². The molecule has 0 aliphatic heterocycles. The van der Waals surface area contributed by atoms with Crippen molar-refractivity contribution >= 4 is 10.0 Å². The molecule has 23 heavy (non-hydrogen) atoms. The number of rotatable bonds is 7. The Kier molecular flexibility index (Phi) is 5.41. The van der Waals surface area contributed by atoms with Crippen LogP contribution in [0.5, 0.6) is 5.75 Å². The van der Waals surface area contributed by atoms with Crippen molar-refractivity contribution in [1.82, 2.24) is 4.72 Å². The van der Waals surface area contributed by atoms with Crippen molar-refractivity contribution in [1.29, 1.82) is 0 Å². The molecule has 124 valence electrons. The number of nitrogens with one attached hydrogen (secondary N) is 1. The van der Waals surface area contributed by atoms with Crippen LogP contribution in [0.25, 0.3) is 0 Å². The smallest absolute Gasteiger partial charge is 0.240 e. The molecule has 0 amide bonds. The summed E-state index contributed by atoms with van der Waals surface area (Å²) in [5, 5.41) is 10.5.